The summed E-state index contributed by atoms with van der Waals surface area (Å²) in [5, 5.41) is 3.62. The van der Waals surface area contributed by atoms with Gasteiger partial charge in [-0.15, -0.1) is 0 Å². The first-order valence-electron chi connectivity index (χ1n) is 10.3. The SMILES string of the molecule is COc1ccc(C(=O)c2cn(CC(=O)Nc3ccc(Cl)cc3)c3ccc(OC)cc3c2=O)cc1. The molecule has 1 aromatic heterocycles. The van der Waals surface area contributed by atoms with Gasteiger partial charge in [0.25, 0.3) is 0 Å². The van der Waals surface area contributed by atoms with Gasteiger partial charge in [-0.25, -0.2) is 0 Å². The molecule has 0 spiro atoms. The number of ether oxygens (including phenoxy) is 2. The van der Waals surface area contributed by atoms with Gasteiger partial charge in [0, 0.05) is 22.5 Å². The van der Waals surface area contributed by atoms with E-state index < -0.39 is 11.2 Å². The maximum atomic E-state index is 13.3. The van der Waals surface area contributed by atoms with Gasteiger partial charge in [0.1, 0.15) is 18.0 Å². The lowest BCUT2D eigenvalue weighted by Gasteiger charge is -2.14. The lowest BCUT2D eigenvalue weighted by atomic mass is 10.0. The molecule has 0 saturated heterocycles. The van der Waals surface area contributed by atoms with Crippen molar-refractivity contribution in [2.45, 2.75) is 6.54 Å². The molecule has 4 rings (SSSR count). The molecule has 172 valence electrons. The number of ketones is 1. The number of hydrogen-bond acceptors (Lipinski definition) is 5. The topological polar surface area (TPSA) is 86.6 Å². The molecule has 34 heavy (non-hydrogen) atoms. The molecule has 0 aliphatic carbocycles. The molecule has 0 aliphatic heterocycles. The van der Waals surface area contributed by atoms with E-state index in [1.165, 1.54) is 20.4 Å². The molecular formula is C26H21ClN2O5. The van der Waals surface area contributed by atoms with Gasteiger partial charge in [-0.2, -0.15) is 0 Å². The maximum absolute atomic E-state index is 13.3. The van der Waals surface area contributed by atoms with Gasteiger partial charge in [-0.1, -0.05) is 11.6 Å². The number of fused-ring (bicyclic) bond motifs is 1. The zero-order valence-corrected chi connectivity index (χ0v) is 19.3. The van der Waals surface area contributed by atoms with Crippen LogP contribution < -0.4 is 20.2 Å². The van der Waals surface area contributed by atoms with E-state index in [-0.39, 0.29) is 23.4 Å². The molecule has 0 aliphatic rings. The average Bonchev–Trinajstić information content (AvgIpc) is 2.86. The Morgan fingerprint density at radius 3 is 2.21 bits per heavy atom. The number of nitrogens with one attached hydrogen (secondary N) is 1. The van der Waals surface area contributed by atoms with Crippen molar-refractivity contribution in [2.75, 3.05) is 19.5 Å². The number of aromatic nitrogens is 1. The third-order valence-corrected chi connectivity index (χ3v) is 5.58. The van der Waals surface area contributed by atoms with Gasteiger partial charge in [0.05, 0.1) is 30.7 Å². The van der Waals surface area contributed by atoms with Crippen LogP contribution in [0.3, 0.4) is 0 Å². The number of carbonyl (C=O) groups excluding carboxylic acids is 2. The first kappa shape index (κ1) is 23.1. The van der Waals surface area contributed by atoms with E-state index in [1.54, 1.807) is 71.3 Å². The quantitative estimate of drug-likeness (QED) is 0.396. The van der Waals surface area contributed by atoms with Gasteiger partial charge in [0.2, 0.25) is 11.3 Å². The fourth-order valence-corrected chi connectivity index (χ4v) is 3.71. The van der Waals surface area contributed by atoms with Crippen LogP contribution in [0.15, 0.2) is 77.7 Å². The summed E-state index contributed by atoms with van der Waals surface area (Å²) in [6.45, 7) is -0.116. The fraction of sp³-hybridized carbons (Fsp3) is 0.115. The van der Waals surface area contributed by atoms with Crippen LogP contribution in [0.4, 0.5) is 5.69 Å². The molecular weight excluding hydrogens is 456 g/mol. The summed E-state index contributed by atoms with van der Waals surface area (Å²) in [6, 6.07) is 18.1. The third kappa shape index (κ3) is 4.79. The van der Waals surface area contributed by atoms with Gasteiger partial charge in [0.15, 0.2) is 5.78 Å². The highest BCUT2D eigenvalue weighted by Gasteiger charge is 2.19. The number of benzene rings is 3. The highest BCUT2D eigenvalue weighted by molar-refractivity contribution is 6.30. The second kappa shape index (κ2) is 9.80. The number of halogens is 1. The van der Waals surface area contributed by atoms with Crippen molar-refractivity contribution in [1.82, 2.24) is 4.57 Å². The Bertz CT molecular complexity index is 1430. The minimum absolute atomic E-state index is 0.0507. The summed E-state index contributed by atoms with van der Waals surface area (Å²) in [6.07, 6.45) is 1.42. The number of carbonyl (C=O) groups is 2. The van der Waals surface area contributed by atoms with Crippen LogP contribution in [0.25, 0.3) is 10.9 Å². The molecule has 7 nitrogen and oxygen atoms in total. The summed E-state index contributed by atoms with van der Waals surface area (Å²) in [5.74, 6) is 0.280. The summed E-state index contributed by atoms with van der Waals surface area (Å²) >= 11 is 5.90. The smallest absolute Gasteiger partial charge is 0.244 e. The van der Waals surface area contributed by atoms with E-state index in [2.05, 4.69) is 5.32 Å². The Balaban J connectivity index is 1.76. The Kier molecular flexibility index (Phi) is 6.65. The van der Waals surface area contributed by atoms with Crippen LogP contribution in [0, 0.1) is 0 Å². The molecule has 1 heterocycles. The summed E-state index contributed by atoms with van der Waals surface area (Å²) in [7, 11) is 3.02. The van der Waals surface area contributed by atoms with E-state index in [9.17, 15) is 14.4 Å². The van der Waals surface area contributed by atoms with Crippen molar-refractivity contribution < 1.29 is 19.1 Å². The van der Waals surface area contributed by atoms with Crippen LogP contribution in [0.1, 0.15) is 15.9 Å². The van der Waals surface area contributed by atoms with Crippen molar-refractivity contribution >= 4 is 39.9 Å². The normalized spacial score (nSPS) is 10.7. The molecule has 0 fully saturated rings. The number of amides is 1. The van der Waals surface area contributed by atoms with Crippen LogP contribution in [0.2, 0.25) is 5.02 Å². The predicted molar refractivity (Wildman–Crippen MR) is 131 cm³/mol. The highest BCUT2D eigenvalue weighted by Crippen LogP contribution is 2.21. The van der Waals surface area contributed by atoms with Crippen molar-refractivity contribution in [3.8, 4) is 11.5 Å². The minimum Gasteiger partial charge on any atom is -0.497 e. The number of hydrogen-bond donors (Lipinski definition) is 1. The summed E-state index contributed by atoms with van der Waals surface area (Å²) < 4.78 is 12.0. The lowest BCUT2D eigenvalue weighted by molar-refractivity contribution is -0.116. The van der Waals surface area contributed by atoms with Gasteiger partial charge >= 0.3 is 0 Å². The molecule has 0 saturated carbocycles. The van der Waals surface area contributed by atoms with Crippen LogP contribution in [-0.2, 0) is 11.3 Å². The molecule has 0 bridgehead atoms. The maximum Gasteiger partial charge on any atom is 0.244 e. The van der Waals surface area contributed by atoms with Crippen LogP contribution in [-0.4, -0.2) is 30.5 Å². The molecule has 0 atom stereocenters. The monoisotopic (exact) mass is 476 g/mol. The Morgan fingerprint density at radius 1 is 0.912 bits per heavy atom. The largest absolute Gasteiger partial charge is 0.497 e. The zero-order chi connectivity index (χ0) is 24.2. The number of rotatable bonds is 7. The Hall–Kier alpha value is -4.10. The molecule has 1 amide bonds. The first-order valence-corrected chi connectivity index (χ1v) is 10.7. The number of pyridine rings is 1. The number of methoxy groups -OCH3 is 2. The summed E-state index contributed by atoms with van der Waals surface area (Å²) in [4.78, 5) is 39.3. The standard InChI is InChI=1S/C26H21ClN2O5/c1-33-19-9-3-16(4-10-19)25(31)22-14-29(15-24(30)28-18-7-5-17(27)6-8-18)23-12-11-20(34-2)13-21(23)26(22)32/h3-14H,15H2,1-2H3,(H,28,30). The minimum atomic E-state index is -0.454. The van der Waals surface area contributed by atoms with Gasteiger partial charge in [-0.3, -0.25) is 14.4 Å². The number of anilines is 1. The van der Waals surface area contributed by atoms with Gasteiger partial charge in [-0.05, 0) is 66.7 Å². The molecule has 8 heteroatoms. The number of nitrogens with zero attached hydrogens (tertiary/aromatic N) is 1. The van der Waals surface area contributed by atoms with E-state index >= 15 is 0 Å². The molecule has 0 radical (unpaired) electrons. The Morgan fingerprint density at radius 2 is 1.56 bits per heavy atom. The Labute approximate surface area is 200 Å². The van der Waals surface area contributed by atoms with Gasteiger partial charge < -0.3 is 19.4 Å². The van der Waals surface area contributed by atoms with Crippen LogP contribution >= 0.6 is 11.6 Å². The van der Waals surface area contributed by atoms with Crippen molar-refractivity contribution in [3.05, 3.63) is 99.3 Å². The predicted octanol–water partition coefficient (Wildman–Crippen LogP) is 4.54. The second-order valence-corrected chi connectivity index (χ2v) is 7.93. The average molecular weight is 477 g/mol. The van der Waals surface area contributed by atoms with Crippen molar-refractivity contribution in [1.29, 1.82) is 0 Å². The van der Waals surface area contributed by atoms with E-state index in [0.717, 1.165) is 0 Å². The molecule has 1 N–H and O–H groups in total. The van der Waals surface area contributed by atoms with E-state index in [1.807, 2.05) is 0 Å². The van der Waals surface area contributed by atoms with Crippen molar-refractivity contribution in [2.24, 2.45) is 0 Å². The van der Waals surface area contributed by atoms with Crippen LogP contribution in [0.5, 0.6) is 11.5 Å². The van der Waals surface area contributed by atoms with Crippen molar-refractivity contribution in [3.63, 3.8) is 0 Å². The molecule has 3 aromatic carbocycles. The highest BCUT2D eigenvalue weighted by atomic mass is 35.5. The fourth-order valence-electron chi connectivity index (χ4n) is 3.58. The van der Waals surface area contributed by atoms with E-state index in [4.69, 9.17) is 21.1 Å². The third-order valence-electron chi connectivity index (χ3n) is 5.33. The first-order chi connectivity index (χ1) is 16.4. The second-order valence-electron chi connectivity index (χ2n) is 7.50. The van der Waals surface area contributed by atoms with E-state index in [0.29, 0.717) is 33.3 Å². The molecule has 4 aromatic rings. The summed E-state index contributed by atoms with van der Waals surface area (Å²) in [5.41, 5.74) is 0.922. The molecule has 0 unspecified atom stereocenters. The zero-order valence-electron chi connectivity index (χ0n) is 18.5. The lowest BCUT2D eigenvalue weighted by Crippen LogP contribution is -2.24.